The quantitative estimate of drug-likeness (QED) is 0.769. The molecule has 2 rings (SSSR count). The summed E-state index contributed by atoms with van der Waals surface area (Å²) in [7, 11) is 0.290. The number of benzene rings is 2. The summed E-state index contributed by atoms with van der Waals surface area (Å²) in [5, 5.41) is 0. The number of nitrogens with zero attached hydrogens (tertiary/aromatic N) is 2. The van der Waals surface area contributed by atoms with Crippen molar-refractivity contribution in [1.29, 1.82) is 0 Å². The number of hydrogen-bond donors (Lipinski definition) is 0. The molecule has 0 aromatic heterocycles. The van der Waals surface area contributed by atoms with Gasteiger partial charge in [-0.05, 0) is 49.8 Å². The summed E-state index contributed by atoms with van der Waals surface area (Å²) >= 11 is 0. The molecule has 130 valence electrons. The van der Waals surface area contributed by atoms with E-state index in [1.54, 1.807) is 12.1 Å². The largest absolute Gasteiger partial charge is 0.308 e. The van der Waals surface area contributed by atoms with E-state index in [0.717, 1.165) is 5.56 Å². The lowest BCUT2D eigenvalue weighted by Crippen LogP contribution is -2.36. The third-order valence-corrected chi connectivity index (χ3v) is 5.77. The van der Waals surface area contributed by atoms with Crippen molar-refractivity contribution in [2.75, 3.05) is 31.5 Å². The second-order valence-electron chi connectivity index (χ2n) is 6.44. The zero-order chi connectivity index (χ0) is 17.7. The van der Waals surface area contributed by atoms with E-state index in [-0.39, 0.29) is 0 Å². The van der Waals surface area contributed by atoms with E-state index in [1.165, 1.54) is 4.31 Å². The molecular formula is C19H26N2O2S. The van der Waals surface area contributed by atoms with E-state index in [1.807, 2.05) is 61.5 Å². The summed E-state index contributed by atoms with van der Waals surface area (Å²) in [5.74, 6) is 0.376. The number of sulfonamides is 1. The fourth-order valence-electron chi connectivity index (χ4n) is 2.43. The Kier molecular flexibility index (Phi) is 6.02. The highest BCUT2D eigenvalue weighted by molar-refractivity contribution is 7.92. The maximum atomic E-state index is 13.1. The molecule has 4 nitrogen and oxygen atoms in total. The second kappa shape index (κ2) is 7.81. The predicted octanol–water partition coefficient (Wildman–Crippen LogP) is 3.57. The van der Waals surface area contributed by atoms with Gasteiger partial charge in [-0.1, -0.05) is 44.2 Å². The van der Waals surface area contributed by atoms with Gasteiger partial charge in [0.25, 0.3) is 10.0 Å². The molecule has 0 N–H and O–H groups in total. The fourth-order valence-corrected chi connectivity index (χ4v) is 3.88. The van der Waals surface area contributed by atoms with E-state index in [9.17, 15) is 8.42 Å². The Labute approximate surface area is 145 Å². The van der Waals surface area contributed by atoms with Crippen LogP contribution in [0.5, 0.6) is 0 Å². The monoisotopic (exact) mass is 346 g/mol. The Hall–Kier alpha value is -1.85. The van der Waals surface area contributed by atoms with Crippen LogP contribution in [0.4, 0.5) is 5.69 Å². The maximum absolute atomic E-state index is 13.1. The van der Waals surface area contributed by atoms with E-state index < -0.39 is 10.0 Å². The molecule has 2 aromatic rings. The molecule has 0 atom stereocenters. The summed E-state index contributed by atoms with van der Waals surface area (Å²) in [6.45, 7) is 5.25. The minimum absolute atomic E-state index is 0.328. The maximum Gasteiger partial charge on any atom is 0.264 e. The minimum Gasteiger partial charge on any atom is -0.308 e. The lowest BCUT2D eigenvalue weighted by molar-refractivity contribution is 0.419. The van der Waals surface area contributed by atoms with Crippen LogP contribution in [0.1, 0.15) is 25.3 Å². The molecule has 2 aromatic carbocycles. The zero-order valence-electron chi connectivity index (χ0n) is 14.8. The highest BCUT2D eigenvalue weighted by Crippen LogP contribution is 2.25. The van der Waals surface area contributed by atoms with Crippen LogP contribution in [0.2, 0.25) is 0 Å². The van der Waals surface area contributed by atoms with Crippen molar-refractivity contribution in [1.82, 2.24) is 4.90 Å². The number of anilines is 1. The molecule has 0 aliphatic heterocycles. The van der Waals surface area contributed by atoms with Crippen LogP contribution in [-0.4, -0.2) is 40.5 Å². The summed E-state index contributed by atoms with van der Waals surface area (Å²) in [6.07, 6.45) is 0. The van der Waals surface area contributed by atoms with E-state index >= 15 is 0 Å². The van der Waals surface area contributed by atoms with Crippen molar-refractivity contribution in [2.45, 2.75) is 24.7 Å². The molecule has 0 fully saturated rings. The van der Waals surface area contributed by atoms with Gasteiger partial charge in [-0.3, -0.25) is 4.31 Å². The molecule has 0 amide bonds. The standard InChI is InChI=1S/C19H26N2O2S/c1-16(2)17-10-12-19(13-11-17)24(22,23)21(15-14-20(3)4)18-8-6-5-7-9-18/h5-13,16H,14-15H2,1-4H3. The van der Waals surface area contributed by atoms with Gasteiger partial charge in [0.05, 0.1) is 10.6 Å². The highest BCUT2D eigenvalue weighted by atomic mass is 32.2. The van der Waals surface area contributed by atoms with Crippen LogP contribution in [0.3, 0.4) is 0 Å². The van der Waals surface area contributed by atoms with E-state index in [2.05, 4.69) is 13.8 Å². The van der Waals surface area contributed by atoms with E-state index in [4.69, 9.17) is 0 Å². The Morgan fingerprint density at radius 3 is 1.96 bits per heavy atom. The van der Waals surface area contributed by atoms with Gasteiger partial charge >= 0.3 is 0 Å². The van der Waals surface area contributed by atoms with Crippen LogP contribution < -0.4 is 4.31 Å². The Morgan fingerprint density at radius 1 is 0.875 bits per heavy atom. The van der Waals surface area contributed by atoms with Crippen LogP contribution >= 0.6 is 0 Å². The van der Waals surface area contributed by atoms with Crippen molar-refractivity contribution in [3.05, 3.63) is 60.2 Å². The van der Waals surface area contributed by atoms with Gasteiger partial charge < -0.3 is 4.90 Å². The van der Waals surface area contributed by atoms with Gasteiger partial charge in [0.2, 0.25) is 0 Å². The third kappa shape index (κ3) is 4.36. The van der Waals surface area contributed by atoms with Gasteiger partial charge in [0, 0.05) is 13.1 Å². The van der Waals surface area contributed by atoms with E-state index in [0.29, 0.717) is 29.6 Å². The van der Waals surface area contributed by atoms with Gasteiger partial charge in [-0.25, -0.2) is 8.42 Å². The SMILES string of the molecule is CC(C)c1ccc(S(=O)(=O)N(CCN(C)C)c2ccccc2)cc1. The lowest BCUT2D eigenvalue weighted by atomic mass is 10.0. The van der Waals surface area contributed by atoms with Crippen molar-refractivity contribution in [3.8, 4) is 0 Å². The molecule has 0 saturated heterocycles. The molecule has 0 unspecified atom stereocenters. The molecule has 0 bridgehead atoms. The highest BCUT2D eigenvalue weighted by Gasteiger charge is 2.24. The molecule has 0 radical (unpaired) electrons. The van der Waals surface area contributed by atoms with Crippen molar-refractivity contribution in [3.63, 3.8) is 0 Å². The molecule has 24 heavy (non-hydrogen) atoms. The Balaban J connectivity index is 2.39. The van der Waals surface area contributed by atoms with Crippen LogP contribution in [0, 0.1) is 0 Å². The zero-order valence-corrected chi connectivity index (χ0v) is 15.6. The fraction of sp³-hybridized carbons (Fsp3) is 0.368. The average molecular weight is 346 g/mol. The van der Waals surface area contributed by atoms with Crippen LogP contribution in [0.15, 0.2) is 59.5 Å². The molecule has 0 aliphatic carbocycles. The summed E-state index contributed by atoms with van der Waals surface area (Å²) in [6, 6.07) is 16.5. The molecule has 0 saturated carbocycles. The first-order chi connectivity index (χ1) is 11.3. The van der Waals surface area contributed by atoms with Crippen LogP contribution in [-0.2, 0) is 10.0 Å². The van der Waals surface area contributed by atoms with Gasteiger partial charge in [0.1, 0.15) is 0 Å². The Bertz CT molecular complexity index is 739. The van der Waals surface area contributed by atoms with Crippen molar-refractivity contribution in [2.24, 2.45) is 0 Å². The predicted molar refractivity (Wildman–Crippen MR) is 100 cm³/mol. The summed E-state index contributed by atoms with van der Waals surface area (Å²) in [5.41, 5.74) is 1.82. The molecule has 0 heterocycles. The molecule has 0 spiro atoms. The number of likely N-dealkylation sites (N-methyl/N-ethyl adjacent to an activating group) is 1. The third-order valence-electron chi connectivity index (χ3n) is 3.93. The topological polar surface area (TPSA) is 40.6 Å². The first kappa shape index (κ1) is 18.5. The average Bonchev–Trinajstić information content (AvgIpc) is 2.55. The molecular weight excluding hydrogens is 320 g/mol. The first-order valence-electron chi connectivity index (χ1n) is 8.15. The van der Waals surface area contributed by atoms with Gasteiger partial charge in [-0.15, -0.1) is 0 Å². The summed E-state index contributed by atoms with van der Waals surface area (Å²) < 4.78 is 27.8. The number of para-hydroxylation sites is 1. The first-order valence-corrected chi connectivity index (χ1v) is 9.59. The second-order valence-corrected chi connectivity index (χ2v) is 8.30. The number of rotatable bonds is 7. The smallest absolute Gasteiger partial charge is 0.264 e. The summed E-state index contributed by atoms with van der Waals surface area (Å²) in [4.78, 5) is 2.31. The van der Waals surface area contributed by atoms with Gasteiger partial charge in [0.15, 0.2) is 0 Å². The van der Waals surface area contributed by atoms with Gasteiger partial charge in [-0.2, -0.15) is 0 Å². The minimum atomic E-state index is -3.59. The molecule has 5 heteroatoms. The van der Waals surface area contributed by atoms with Crippen molar-refractivity contribution < 1.29 is 8.42 Å². The lowest BCUT2D eigenvalue weighted by Gasteiger charge is -2.26. The normalized spacial score (nSPS) is 11.9. The van der Waals surface area contributed by atoms with Crippen LogP contribution in [0.25, 0.3) is 0 Å². The van der Waals surface area contributed by atoms with Crippen molar-refractivity contribution >= 4 is 15.7 Å². The Morgan fingerprint density at radius 2 is 1.46 bits per heavy atom. The molecule has 0 aliphatic rings. The number of hydrogen-bond acceptors (Lipinski definition) is 3.